The van der Waals surface area contributed by atoms with Gasteiger partial charge in [-0.1, -0.05) is 11.6 Å². The molecule has 0 atom stereocenters. The fourth-order valence-corrected chi connectivity index (χ4v) is 1.32. The van der Waals surface area contributed by atoms with Gasteiger partial charge >= 0.3 is 0 Å². The van der Waals surface area contributed by atoms with Crippen molar-refractivity contribution in [2.45, 2.75) is 6.92 Å². The highest BCUT2D eigenvalue weighted by molar-refractivity contribution is 6.34. The first-order valence-corrected chi connectivity index (χ1v) is 3.96. The first-order chi connectivity index (χ1) is 6.45. The summed E-state index contributed by atoms with van der Waals surface area (Å²) >= 11 is 5.44. The van der Waals surface area contributed by atoms with E-state index in [0.29, 0.717) is 0 Å². The van der Waals surface area contributed by atoms with Gasteiger partial charge in [0.25, 0.3) is 5.69 Å². The second-order valence-corrected chi connectivity index (χ2v) is 2.95. The van der Waals surface area contributed by atoms with Crippen LogP contribution < -0.4 is 0 Å². The zero-order valence-electron chi connectivity index (χ0n) is 7.08. The molecule has 0 radical (unpaired) electrons. The number of hydrogen-bond acceptors (Lipinski definition) is 3. The van der Waals surface area contributed by atoms with E-state index in [-0.39, 0.29) is 0 Å². The Bertz CT molecular complexity index is 419. The standard InChI is InChI=1S/C8H5ClFNO3/c1-4(12)7-6(11(13)14)3-2-5(10)8(7)9/h2-3H,1H3. The monoisotopic (exact) mass is 217 g/mol. The highest BCUT2D eigenvalue weighted by Crippen LogP contribution is 2.28. The van der Waals surface area contributed by atoms with Crippen molar-refractivity contribution in [1.29, 1.82) is 0 Å². The van der Waals surface area contributed by atoms with Crippen molar-refractivity contribution in [3.8, 4) is 0 Å². The number of nitro groups is 1. The van der Waals surface area contributed by atoms with Crippen LogP contribution in [0.5, 0.6) is 0 Å². The average Bonchev–Trinajstić information content (AvgIpc) is 2.08. The van der Waals surface area contributed by atoms with Crippen LogP contribution in [0.3, 0.4) is 0 Å². The summed E-state index contributed by atoms with van der Waals surface area (Å²) < 4.78 is 12.9. The van der Waals surface area contributed by atoms with Crippen molar-refractivity contribution in [2.24, 2.45) is 0 Å². The average molecular weight is 218 g/mol. The Hall–Kier alpha value is -1.49. The van der Waals surface area contributed by atoms with Crippen LogP contribution in [0.25, 0.3) is 0 Å². The lowest BCUT2D eigenvalue weighted by atomic mass is 10.1. The molecule has 0 fully saturated rings. The molecule has 0 aliphatic heterocycles. The van der Waals surface area contributed by atoms with Crippen LogP contribution >= 0.6 is 11.6 Å². The number of benzene rings is 1. The molecule has 14 heavy (non-hydrogen) atoms. The topological polar surface area (TPSA) is 60.2 Å². The molecule has 1 aromatic rings. The molecule has 6 heteroatoms. The lowest BCUT2D eigenvalue weighted by molar-refractivity contribution is -0.385. The lowest BCUT2D eigenvalue weighted by Crippen LogP contribution is -2.02. The van der Waals surface area contributed by atoms with E-state index in [4.69, 9.17) is 11.6 Å². The van der Waals surface area contributed by atoms with Crippen molar-refractivity contribution in [3.05, 3.63) is 38.7 Å². The van der Waals surface area contributed by atoms with Crippen molar-refractivity contribution in [1.82, 2.24) is 0 Å². The Labute approximate surface area is 83.4 Å². The van der Waals surface area contributed by atoms with Crippen molar-refractivity contribution < 1.29 is 14.1 Å². The molecule has 0 aliphatic rings. The van der Waals surface area contributed by atoms with Crippen LogP contribution in [0.4, 0.5) is 10.1 Å². The number of Topliss-reactive ketones (excluding diaryl/α,β-unsaturated/α-hetero) is 1. The fraction of sp³-hybridized carbons (Fsp3) is 0.125. The maximum atomic E-state index is 12.9. The minimum absolute atomic E-state index is 0.392. The molecule has 0 saturated heterocycles. The molecular formula is C8H5ClFNO3. The van der Waals surface area contributed by atoms with E-state index in [0.717, 1.165) is 19.1 Å². The largest absolute Gasteiger partial charge is 0.294 e. The van der Waals surface area contributed by atoms with Gasteiger partial charge in [0.1, 0.15) is 11.4 Å². The summed E-state index contributed by atoms with van der Waals surface area (Å²) in [6.45, 7) is 1.09. The lowest BCUT2D eigenvalue weighted by Gasteiger charge is -2.01. The molecule has 0 aliphatic carbocycles. The number of halogens is 2. The smallest absolute Gasteiger partial charge is 0.281 e. The third kappa shape index (κ3) is 1.72. The summed E-state index contributed by atoms with van der Waals surface area (Å²) in [5.41, 5.74) is -0.874. The maximum Gasteiger partial charge on any atom is 0.281 e. The van der Waals surface area contributed by atoms with E-state index in [2.05, 4.69) is 0 Å². The molecule has 0 spiro atoms. The molecule has 74 valence electrons. The van der Waals surface area contributed by atoms with Gasteiger partial charge in [-0.15, -0.1) is 0 Å². The second kappa shape index (κ2) is 3.71. The number of carbonyl (C=O) groups excluding carboxylic acids is 1. The van der Waals surface area contributed by atoms with Crippen LogP contribution in [0.2, 0.25) is 5.02 Å². The molecule has 0 bridgehead atoms. The predicted octanol–water partition coefficient (Wildman–Crippen LogP) is 2.59. The van der Waals surface area contributed by atoms with Gasteiger partial charge in [0.2, 0.25) is 0 Å². The van der Waals surface area contributed by atoms with E-state index in [1.165, 1.54) is 0 Å². The third-order valence-electron chi connectivity index (χ3n) is 1.62. The highest BCUT2D eigenvalue weighted by atomic mass is 35.5. The van der Waals surface area contributed by atoms with E-state index < -0.39 is 32.8 Å². The number of nitrogens with zero attached hydrogens (tertiary/aromatic N) is 1. The van der Waals surface area contributed by atoms with Gasteiger partial charge in [-0.25, -0.2) is 4.39 Å². The molecule has 1 aromatic carbocycles. The van der Waals surface area contributed by atoms with Gasteiger partial charge in [0, 0.05) is 6.07 Å². The fourth-order valence-electron chi connectivity index (χ4n) is 1.03. The van der Waals surface area contributed by atoms with Crippen LogP contribution in [-0.4, -0.2) is 10.7 Å². The summed E-state index contributed by atoms with van der Waals surface area (Å²) in [7, 11) is 0. The summed E-state index contributed by atoms with van der Waals surface area (Å²) in [5, 5.41) is 9.95. The Kier molecular flexibility index (Phi) is 2.81. The van der Waals surface area contributed by atoms with E-state index in [9.17, 15) is 19.3 Å². The zero-order valence-corrected chi connectivity index (χ0v) is 7.84. The number of ketones is 1. The number of carbonyl (C=O) groups is 1. The van der Waals surface area contributed by atoms with Crippen molar-refractivity contribution in [2.75, 3.05) is 0 Å². The SMILES string of the molecule is CC(=O)c1c([N+](=O)[O-])ccc(F)c1Cl. The number of hydrogen-bond donors (Lipinski definition) is 0. The van der Waals surface area contributed by atoms with Gasteiger partial charge in [-0.2, -0.15) is 0 Å². The summed E-state index contributed by atoms with van der Waals surface area (Å²) in [6, 6.07) is 1.77. The van der Waals surface area contributed by atoms with Gasteiger partial charge in [-0.3, -0.25) is 14.9 Å². The van der Waals surface area contributed by atoms with Crippen LogP contribution in [0, 0.1) is 15.9 Å². The van der Waals surface area contributed by atoms with E-state index in [1.54, 1.807) is 0 Å². The van der Waals surface area contributed by atoms with E-state index in [1.807, 2.05) is 0 Å². The van der Waals surface area contributed by atoms with Crippen LogP contribution in [0.1, 0.15) is 17.3 Å². The molecule has 0 aromatic heterocycles. The Morgan fingerprint density at radius 2 is 2.14 bits per heavy atom. The maximum absolute atomic E-state index is 12.9. The molecule has 4 nitrogen and oxygen atoms in total. The minimum atomic E-state index is -0.845. The molecule has 0 heterocycles. The second-order valence-electron chi connectivity index (χ2n) is 2.57. The molecule has 0 N–H and O–H groups in total. The number of nitro benzene ring substituents is 1. The van der Waals surface area contributed by atoms with Crippen LogP contribution in [-0.2, 0) is 0 Å². The number of rotatable bonds is 2. The first kappa shape index (κ1) is 10.6. The van der Waals surface area contributed by atoms with Gasteiger partial charge in [0.05, 0.1) is 9.95 Å². The summed E-state index contributed by atoms with van der Waals surface area (Å²) in [4.78, 5) is 20.7. The van der Waals surface area contributed by atoms with Crippen LogP contribution in [0.15, 0.2) is 12.1 Å². The van der Waals surface area contributed by atoms with Gasteiger partial charge in [-0.05, 0) is 13.0 Å². The summed E-state index contributed by atoms with van der Waals surface area (Å²) in [6.07, 6.45) is 0. The predicted molar refractivity (Wildman–Crippen MR) is 48.1 cm³/mol. The van der Waals surface area contributed by atoms with Crippen molar-refractivity contribution >= 4 is 23.1 Å². The van der Waals surface area contributed by atoms with Gasteiger partial charge in [0.15, 0.2) is 5.78 Å². The normalized spacial score (nSPS) is 9.93. The minimum Gasteiger partial charge on any atom is -0.294 e. The molecule has 0 unspecified atom stereocenters. The molecule has 1 rings (SSSR count). The summed E-state index contributed by atoms with van der Waals surface area (Å²) in [5.74, 6) is -1.48. The van der Waals surface area contributed by atoms with Crippen molar-refractivity contribution in [3.63, 3.8) is 0 Å². The zero-order chi connectivity index (χ0) is 10.9. The highest BCUT2D eigenvalue weighted by Gasteiger charge is 2.23. The molecule has 0 amide bonds. The Balaban J connectivity index is 3.53. The Morgan fingerprint density at radius 1 is 1.57 bits per heavy atom. The third-order valence-corrected chi connectivity index (χ3v) is 1.99. The Morgan fingerprint density at radius 3 is 2.57 bits per heavy atom. The molecule has 0 saturated carbocycles. The van der Waals surface area contributed by atoms with Gasteiger partial charge < -0.3 is 0 Å². The molecular weight excluding hydrogens is 213 g/mol. The first-order valence-electron chi connectivity index (χ1n) is 3.58. The quantitative estimate of drug-likeness (QED) is 0.435. The van der Waals surface area contributed by atoms with E-state index >= 15 is 0 Å².